The maximum Gasteiger partial charge on any atom is 0.0444 e. The van der Waals surface area contributed by atoms with Crippen LogP contribution in [0.25, 0.3) is 0 Å². The lowest BCUT2D eigenvalue weighted by molar-refractivity contribution is 0.271. The first kappa shape index (κ1) is 9.97. The predicted molar refractivity (Wildman–Crippen MR) is 57.6 cm³/mol. The van der Waals surface area contributed by atoms with Gasteiger partial charge in [-0.1, -0.05) is 23.7 Å². The van der Waals surface area contributed by atoms with Crippen molar-refractivity contribution in [1.82, 2.24) is 5.32 Å². The maximum absolute atomic E-state index is 8.96. The minimum Gasteiger partial charge on any atom is -0.396 e. The number of benzene rings is 1. The van der Waals surface area contributed by atoms with E-state index in [4.69, 9.17) is 16.7 Å². The van der Waals surface area contributed by atoms with E-state index in [1.807, 2.05) is 12.1 Å². The number of aliphatic hydroxyl groups is 1. The van der Waals surface area contributed by atoms with Gasteiger partial charge in [-0.25, -0.2) is 0 Å². The minimum atomic E-state index is 0.219. The molecule has 1 aromatic rings. The molecule has 0 aromatic heterocycles. The standard InChI is InChI=1S/C11H14ClNO/c12-10-3-1-2-8-6-13-7-9(4-5-14)11(8)10/h1-3,9,13-14H,4-7H2/t9-/m1/s1. The van der Waals surface area contributed by atoms with Gasteiger partial charge in [0.1, 0.15) is 0 Å². The lowest BCUT2D eigenvalue weighted by Crippen LogP contribution is -2.28. The summed E-state index contributed by atoms with van der Waals surface area (Å²) in [5.41, 5.74) is 2.49. The molecule has 1 aliphatic rings. The number of halogens is 1. The Bertz CT molecular complexity index is 327. The lowest BCUT2D eigenvalue weighted by atomic mass is 9.89. The van der Waals surface area contributed by atoms with Crippen molar-refractivity contribution in [3.05, 3.63) is 34.3 Å². The van der Waals surface area contributed by atoms with Gasteiger partial charge >= 0.3 is 0 Å². The Hall–Kier alpha value is -0.570. The van der Waals surface area contributed by atoms with Crippen molar-refractivity contribution in [1.29, 1.82) is 0 Å². The highest BCUT2D eigenvalue weighted by Crippen LogP contribution is 2.32. The third-order valence-corrected chi connectivity index (χ3v) is 3.06. The van der Waals surface area contributed by atoms with Crippen LogP contribution >= 0.6 is 11.6 Å². The molecule has 0 saturated heterocycles. The van der Waals surface area contributed by atoms with Crippen LogP contribution in [0.2, 0.25) is 5.02 Å². The Kier molecular flexibility index (Phi) is 3.06. The Morgan fingerprint density at radius 3 is 3.14 bits per heavy atom. The number of nitrogens with one attached hydrogen (secondary N) is 1. The third kappa shape index (κ3) is 1.78. The Labute approximate surface area is 88.9 Å². The van der Waals surface area contributed by atoms with Crippen LogP contribution < -0.4 is 5.32 Å². The van der Waals surface area contributed by atoms with E-state index in [1.54, 1.807) is 0 Å². The predicted octanol–water partition coefficient (Wildman–Crippen LogP) is 1.91. The maximum atomic E-state index is 8.96. The van der Waals surface area contributed by atoms with Crippen LogP contribution in [0, 0.1) is 0 Å². The SMILES string of the molecule is OCC[C@@H]1CNCc2cccc(Cl)c21. The first-order valence-corrected chi connectivity index (χ1v) is 5.29. The van der Waals surface area contributed by atoms with Crippen molar-refractivity contribution in [2.75, 3.05) is 13.2 Å². The van der Waals surface area contributed by atoms with Gasteiger partial charge in [0.05, 0.1) is 0 Å². The smallest absolute Gasteiger partial charge is 0.0444 e. The zero-order chi connectivity index (χ0) is 9.97. The first-order chi connectivity index (χ1) is 6.83. The van der Waals surface area contributed by atoms with Crippen molar-refractivity contribution < 1.29 is 5.11 Å². The molecule has 1 atom stereocenters. The Balaban J connectivity index is 2.36. The fraction of sp³-hybridized carbons (Fsp3) is 0.455. The quantitative estimate of drug-likeness (QED) is 0.784. The summed E-state index contributed by atoms with van der Waals surface area (Å²) in [5.74, 6) is 0.359. The number of fused-ring (bicyclic) bond motifs is 1. The second-order valence-corrected chi connectivity index (χ2v) is 4.06. The fourth-order valence-corrected chi connectivity index (χ4v) is 2.43. The van der Waals surface area contributed by atoms with E-state index in [1.165, 1.54) is 11.1 Å². The lowest BCUT2D eigenvalue weighted by Gasteiger charge is -2.26. The molecule has 2 rings (SSSR count). The van der Waals surface area contributed by atoms with Crippen LogP contribution in [-0.4, -0.2) is 18.3 Å². The number of hydrogen-bond acceptors (Lipinski definition) is 2. The zero-order valence-corrected chi connectivity index (χ0v) is 8.72. The molecule has 0 saturated carbocycles. The number of aliphatic hydroxyl groups excluding tert-OH is 1. The largest absolute Gasteiger partial charge is 0.396 e. The second kappa shape index (κ2) is 4.30. The second-order valence-electron chi connectivity index (χ2n) is 3.65. The average Bonchev–Trinajstić information content (AvgIpc) is 2.19. The van der Waals surface area contributed by atoms with Crippen LogP contribution in [0.1, 0.15) is 23.5 Å². The molecule has 2 nitrogen and oxygen atoms in total. The molecule has 3 heteroatoms. The van der Waals surface area contributed by atoms with Gasteiger partial charge in [0.2, 0.25) is 0 Å². The summed E-state index contributed by atoms with van der Waals surface area (Å²) in [6, 6.07) is 6.00. The molecule has 76 valence electrons. The van der Waals surface area contributed by atoms with Gasteiger partial charge in [-0.05, 0) is 23.6 Å². The molecule has 1 heterocycles. The van der Waals surface area contributed by atoms with E-state index in [-0.39, 0.29) is 6.61 Å². The molecular formula is C11H14ClNO. The van der Waals surface area contributed by atoms with E-state index < -0.39 is 0 Å². The van der Waals surface area contributed by atoms with Gasteiger partial charge in [0.15, 0.2) is 0 Å². The van der Waals surface area contributed by atoms with Gasteiger partial charge < -0.3 is 10.4 Å². The summed E-state index contributed by atoms with van der Waals surface area (Å²) in [6.07, 6.45) is 0.781. The Morgan fingerprint density at radius 2 is 2.36 bits per heavy atom. The van der Waals surface area contributed by atoms with Gasteiger partial charge in [-0.3, -0.25) is 0 Å². The molecule has 1 aliphatic heterocycles. The molecule has 2 N–H and O–H groups in total. The molecule has 0 fully saturated rings. The molecule has 0 spiro atoms. The highest BCUT2D eigenvalue weighted by Gasteiger charge is 2.21. The van der Waals surface area contributed by atoms with Crippen LogP contribution in [0.3, 0.4) is 0 Å². The van der Waals surface area contributed by atoms with Crippen molar-refractivity contribution >= 4 is 11.6 Å². The Morgan fingerprint density at radius 1 is 1.50 bits per heavy atom. The van der Waals surface area contributed by atoms with Crippen LogP contribution in [0.15, 0.2) is 18.2 Å². The third-order valence-electron chi connectivity index (χ3n) is 2.74. The molecule has 0 radical (unpaired) electrons. The normalized spacial score (nSPS) is 20.6. The molecule has 0 unspecified atom stereocenters. The molecular weight excluding hydrogens is 198 g/mol. The highest BCUT2D eigenvalue weighted by atomic mass is 35.5. The topological polar surface area (TPSA) is 32.3 Å². The van der Waals surface area contributed by atoms with Gasteiger partial charge in [-0.2, -0.15) is 0 Å². The molecule has 0 aliphatic carbocycles. The summed E-state index contributed by atoms with van der Waals surface area (Å²) in [7, 11) is 0. The summed E-state index contributed by atoms with van der Waals surface area (Å²) >= 11 is 6.16. The van der Waals surface area contributed by atoms with Crippen LogP contribution in [0.5, 0.6) is 0 Å². The van der Waals surface area contributed by atoms with E-state index in [0.29, 0.717) is 5.92 Å². The summed E-state index contributed by atoms with van der Waals surface area (Å²) in [6.45, 7) is 2.02. The van der Waals surface area contributed by atoms with Crippen LogP contribution in [0.4, 0.5) is 0 Å². The van der Waals surface area contributed by atoms with E-state index >= 15 is 0 Å². The first-order valence-electron chi connectivity index (χ1n) is 4.92. The minimum absolute atomic E-state index is 0.219. The fourth-order valence-electron chi connectivity index (χ4n) is 2.08. The summed E-state index contributed by atoms with van der Waals surface area (Å²) in [5, 5.41) is 13.1. The van der Waals surface area contributed by atoms with Crippen molar-refractivity contribution in [2.45, 2.75) is 18.9 Å². The summed E-state index contributed by atoms with van der Waals surface area (Å²) in [4.78, 5) is 0. The monoisotopic (exact) mass is 211 g/mol. The van der Waals surface area contributed by atoms with E-state index in [2.05, 4.69) is 11.4 Å². The molecule has 1 aromatic carbocycles. The summed E-state index contributed by atoms with van der Waals surface area (Å²) < 4.78 is 0. The zero-order valence-electron chi connectivity index (χ0n) is 7.96. The van der Waals surface area contributed by atoms with Crippen molar-refractivity contribution in [3.8, 4) is 0 Å². The van der Waals surface area contributed by atoms with Gasteiger partial charge in [0, 0.05) is 30.6 Å². The van der Waals surface area contributed by atoms with Gasteiger partial charge in [-0.15, -0.1) is 0 Å². The average molecular weight is 212 g/mol. The number of hydrogen-bond donors (Lipinski definition) is 2. The van der Waals surface area contributed by atoms with Gasteiger partial charge in [0.25, 0.3) is 0 Å². The van der Waals surface area contributed by atoms with Crippen molar-refractivity contribution in [2.24, 2.45) is 0 Å². The van der Waals surface area contributed by atoms with Crippen molar-refractivity contribution in [3.63, 3.8) is 0 Å². The number of rotatable bonds is 2. The molecule has 0 bridgehead atoms. The van der Waals surface area contributed by atoms with Crippen LogP contribution in [-0.2, 0) is 6.54 Å². The van der Waals surface area contributed by atoms with E-state index in [0.717, 1.165) is 24.5 Å². The highest BCUT2D eigenvalue weighted by molar-refractivity contribution is 6.31. The van der Waals surface area contributed by atoms with E-state index in [9.17, 15) is 0 Å². The molecule has 0 amide bonds. The molecule has 14 heavy (non-hydrogen) atoms.